The molecule has 0 radical (unpaired) electrons. The smallest absolute Gasteiger partial charge is 0.118 e. The minimum atomic E-state index is -0.0665. The summed E-state index contributed by atoms with van der Waals surface area (Å²) in [5.74, 6) is 1.47. The highest BCUT2D eigenvalue weighted by atomic mass is 35.5. The van der Waals surface area contributed by atoms with Crippen molar-refractivity contribution in [1.82, 2.24) is 4.90 Å². The molecule has 0 bridgehead atoms. The van der Waals surface area contributed by atoms with Crippen LogP contribution in [0.3, 0.4) is 0 Å². The second-order valence-corrected chi connectivity index (χ2v) is 9.02. The zero-order chi connectivity index (χ0) is 22.2. The van der Waals surface area contributed by atoms with Crippen LogP contribution in [0.5, 0.6) is 5.75 Å². The Labute approximate surface area is 196 Å². The molecule has 168 valence electrons. The van der Waals surface area contributed by atoms with E-state index in [0.717, 1.165) is 42.5 Å². The van der Waals surface area contributed by atoms with E-state index in [1.807, 2.05) is 30.3 Å². The fourth-order valence-corrected chi connectivity index (χ4v) is 4.58. The highest BCUT2D eigenvalue weighted by Crippen LogP contribution is 2.29. The van der Waals surface area contributed by atoms with Crippen molar-refractivity contribution in [2.75, 3.05) is 33.4 Å². The lowest BCUT2D eigenvalue weighted by molar-refractivity contribution is 0.0266. The first-order valence-corrected chi connectivity index (χ1v) is 11.9. The Balaban J connectivity index is 1.34. The summed E-state index contributed by atoms with van der Waals surface area (Å²) in [4.78, 5) is 2.58. The lowest BCUT2D eigenvalue weighted by atomic mass is 9.97. The number of benzene rings is 3. The third kappa shape index (κ3) is 6.35. The average Bonchev–Trinajstić information content (AvgIpc) is 2.85. The molecule has 4 rings (SSSR count). The van der Waals surface area contributed by atoms with Crippen LogP contribution in [-0.4, -0.2) is 38.3 Å². The fourth-order valence-electron chi connectivity index (χ4n) is 4.45. The van der Waals surface area contributed by atoms with Crippen molar-refractivity contribution in [2.24, 2.45) is 5.92 Å². The zero-order valence-electron chi connectivity index (χ0n) is 18.8. The number of halogens is 1. The molecule has 1 saturated heterocycles. The lowest BCUT2D eigenvalue weighted by Crippen LogP contribution is -2.38. The van der Waals surface area contributed by atoms with Crippen LogP contribution in [0.25, 0.3) is 0 Å². The summed E-state index contributed by atoms with van der Waals surface area (Å²) >= 11 is 6.11. The van der Waals surface area contributed by atoms with Gasteiger partial charge < -0.3 is 14.4 Å². The lowest BCUT2D eigenvalue weighted by Gasteiger charge is -2.33. The second kappa shape index (κ2) is 11.5. The van der Waals surface area contributed by atoms with Crippen LogP contribution < -0.4 is 4.74 Å². The standard InChI is InChI=1S/C28H32ClNO2/c1-31-27-15-9-22(10-16-27)17-19-30-18-5-6-23(20-30)21-32-28(24-7-3-2-4-8-24)25-11-13-26(29)14-12-25/h2-4,7-16,23,28H,5-6,17-21H2,1H3. The number of hydrogen-bond acceptors (Lipinski definition) is 3. The number of likely N-dealkylation sites (tertiary alicyclic amines) is 1. The van der Waals surface area contributed by atoms with E-state index in [4.69, 9.17) is 21.1 Å². The number of ether oxygens (including phenoxy) is 2. The molecule has 1 aliphatic rings. The van der Waals surface area contributed by atoms with Crippen molar-refractivity contribution < 1.29 is 9.47 Å². The van der Waals surface area contributed by atoms with Crippen LogP contribution in [0.15, 0.2) is 78.9 Å². The molecule has 32 heavy (non-hydrogen) atoms. The molecule has 0 spiro atoms. The first-order valence-electron chi connectivity index (χ1n) is 11.5. The minimum absolute atomic E-state index is 0.0665. The molecule has 3 aromatic carbocycles. The summed E-state index contributed by atoms with van der Waals surface area (Å²) < 4.78 is 11.8. The molecular weight excluding hydrogens is 418 g/mol. The Morgan fingerprint density at radius 1 is 0.938 bits per heavy atom. The maximum absolute atomic E-state index is 6.55. The molecule has 0 amide bonds. The normalized spacial score (nSPS) is 17.8. The van der Waals surface area contributed by atoms with Gasteiger partial charge in [-0.15, -0.1) is 0 Å². The fraction of sp³-hybridized carbons (Fsp3) is 0.357. The van der Waals surface area contributed by atoms with Gasteiger partial charge in [0, 0.05) is 18.1 Å². The SMILES string of the molecule is COc1ccc(CCN2CCCC(COC(c3ccccc3)c3ccc(Cl)cc3)C2)cc1. The van der Waals surface area contributed by atoms with Crippen molar-refractivity contribution >= 4 is 11.6 Å². The van der Waals surface area contributed by atoms with Crippen LogP contribution in [0.2, 0.25) is 5.02 Å². The van der Waals surface area contributed by atoms with E-state index >= 15 is 0 Å². The predicted octanol–water partition coefficient (Wildman–Crippen LogP) is 6.41. The third-order valence-corrected chi connectivity index (χ3v) is 6.50. The molecule has 1 aliphatic heterocycles. The van der Waals surface area contributed by atoms with Gasteiger partial charge in [-0.05, 0) is 72.7 Å². The van der Waals surface area contributed by atoms with E-state index in [9.17, 15) is 0 Å². The topological polar surface area (TPSA) is 21.7 Å². The van der Waals surface area contributed by atoms with Crippen molar-refractivity contribution in [3.8, 4) is 5.75 Å². The van der Waals surface area contributed by atoms with Crippen molar-refractivity contribution in [3.05, 3.63) is 101 Å². The van der Waals surface area contributed by atoms with Crippen LogP contribution in [0.4, 0.5) is 0 Å². The van der Waals surface area contributed by atoms with Gasteiger partial charge >= 0.3 is 0 Å². The maximum atomic E-state index is 6.55. The quantitative estimate of drug-likeness (QED) is 0.376. The molecule has 2 unspecified atom stereocenters. The van der Waals surface area contributed by atoms with E-state index < -0.39 is 0 Å². The molecule has 2 atom stereocenters. The number of hydrogen-bond donors (Lipinski definition) is 0. The molecule has 1 heterocycles. The van der Waals surface area contributed by atoms with Gasteiger partial charge in [0.15, 0.2) is 0 Å². The Morgan fingerprint density at radius 3 is 2.38 bits per heavy atom. The first kappa shape index (κ1) is 22.8. The van der Waals surface area contributed by atoms with E-state index in [0.29, 0.717) is 5.92 Å². The number of methoxy groups -OCH3 is 1. The summed E-state index contributed by atoms with van der Waals surface area (Å²) in [6, 6.07) is 26.9. The van der Waals surface area contributed by atoms with Crippen molar-refractivity contribution in [2.45, 2.75) is 25.4 Å². The Kier molecular flexibility index (Phi) is 8.22. The van der Waals surface area contributed by atoms with Gasteiger partial charge in [-0.2, -0.15) is 0 Å². The zero-order valence-corrected chi connectivity index (χ0v) is 19.5. The van der Waals surface area contributed by atoms with Crippen LogP contribution in [0, 0.1) is 5.92 Å². The Morgan fingerprint density at radius 2 is 1.66 bits per heavy atom. The Bertz CT molecular complexity index is 943. The molecule has 0 N–H and O–H groups in total. The summed E-state index contributed by atoms with van der Waals surface area (Å²) in [7, 11) is 1.71. The summed E-state index contributed by atoms with van der Waals surface area (Å²) in [5.41, 5.74) is 3.69. The Hall–Kier alpha value is -2.33. The van der Waals surface area contributed by atoms with Gasteiger partial charge in [0.2, 0.25) is 0 Å². The molecule has 3 nitrogen and oxygen atoms in total. The molecule has 0 aliphatic carbocycles. The molecule has 0 saturated carbocycles. The van der Waals surface area contributed by atoms with E-state index in [-0.39, 0.29) is 6.10 Å². The highest BCUT2D eigenvalue weighted by molar-refractivity contribution is 6.30. The maximum Gasteiger partial charge on any atom is 0.118 e. The van der Waals surface area contributed by atoms with Crippen LogP contribution in [0.1, 0.15) is 35.6 Å². The minimum Gasteiger partial charge on any atom is -0.497 e. The van der Waals surface area contributed by atoms with Crippen molar-refractivity contribution in [3.63, 3.8) is 0 Å². The first-order chi connectivity index (χ1) is 15.7. The van der Waals surface area contributed by atoms with Gasteiger partial charge in [0.25, 0.3) is 0 Å². The van der Waals surface area contributed by atoms with Gasteiger partial charge in [0.1, 0.15) is 11.9 Å². The molecule has 0 aromatic heterocycles. The summed E-state index contributed by atoms with van der Waals surface area (Å²) in [5, 5.41) is 0.750. The van der Waals surface area contributed by atoms with Crippen LogP contribution in [-0.2, 0) is 11.2 Å². The van der Waals surface area contributed by atoms with Gasteiger partial charge in [-0.1, -0.05) is 66.2 Å². The number of nitrogens with zero attached hydrogens (tertiary/aromatic N) is 1. The molecule has 1 fully saturated rings. The average molecular weight is 450 g/mol. The molecule has 3 aromatic rings. The monoisotopic (exact) mass is 449 g/mol. The van der Waals surface area contributed by atoms with Gasteiger partial charge in [-0.3, -0.25) is 0 Å². The van der Waals surface area contributed by atoms with E-state index in [1.165, 1.54) is 30.5 Å². The largest absolute Gasteiger partial charge is 0.497 e. The van der Waals surface area contributed by atoms with Gasteiger partial charge in [-0.25, -0.2) is 0 Å². The van der Waals surface area contributed by atoms with Crippen molar-refractivity contribution in [1.29, 1.82) is 0 Å². The van der Waals surface area contributed by atoms with Gasteiger partial charge in [0.05, 0.1) is 13.7 Å². The number of piperidine rings is 1. The predicted molar refractivity (Wildman–Crippen MR) is 132 cm³/mol. The summed E-state index contributed by atoms with van der Waals surface area (Å²) in [6.07, 6.45) is 3.45. The van der Waals surface area contributed by atoms with Crippen LogP contribution >= 0.6 is 11.6 Å². The van der Waals surface area contributed by atoms with E-state index in [2.05, 4.69) is 53.4 Å². The second-order valence-electron chi connectivity index (χ2n) is 8.58. The molecule has 4 heteroatoms. The molecular formula is C28H32ClNO2. The van der Waals surface area contributed by atoms with E-state index in [1.54, 1.807) is 7.11 Å². The third-order valence-electron chi connectivity index (χ3n) is 6.25. The number of rotatable bonds is 9. The summed E-state index contributed by atoms with van der Waals surface area (Å²) in [6.45, 7) is 4.12. The highest BCUT2D eigenvalue weighted by Gasteiger charge is 2.22.